The molecule has 0 bridgehead atoms. The minimum absolute atomic E-state index is 0.390. The Labute approximate surface area is 124 Å². The summed E-state index contributed by atoms with van der Waals surface area (Å²) < 4.78 is 0. The van der Waals surface area contributed by atoms with Gasteiger partial charge >= 0.3 is 0 Å². The van der Waals surface area contributed by atoms with Crippen molar-refractivity contribution < 1.29 is 0 Å². The molecule has 0 spiro atoms. The Hall–Kier alpha value is -1.68. The molecule has 3 nitrogen and oxygen atoms in total. The maximum Gasteiger partial charge on any atom is 0.136 e. The maximum absolute atomic E-state index is 5.83. The number of para-hydroxylation sites is 1. The Morgan fingerprint density at radius 1 is 1.45 bits per heavy atom. The van der Waals surface area contributed by atoms with E-state index in [0.717, 1.165) is 28.8 Å². The van der Waals surface area contributed by atoms with E-state index in [0.29, 0.717) is 16.3 Å². The molecule has 1 atom stereocenters. The summed E-state index contributed by atoms with van der Waals surface area (Å²) in [4.78, 5) is 5.05. The first-order chi connectivity index (χ1) is 9.47. The highest BCUT2D eigenvalue weighted by Gasteiger charge is 2.45. The van der Waals surface area contributed by atoms with Gasteiger partial charge in [-0.15, -0.1) is 0 Å². The van der Waals surface area contributed by atoms with Crippen LogP contribution in [0, 0.1) is 11.3 Å². The fourth-order valence-corrected chi connectivity index (χ4v) is 2.74. The fraction of sp³-hybridized carbons (Fsp3) is 0.375. The summed E-state index contributed by atoms with van der Waals surface area (Å²) in [6, 6.07) is 10.0. The summed E-state index contributed by atoms with van der Waals surface area (Å²) in [7, 11) is 0. The normalized spacial score (nSPS) is 19.8. The number of pyridine rings is 1. The lowest BCUT2D eigenvalue weighted by atomic mass is 10.1. The molecule has 0 amide bonds. The number of rotatable bonds is 4. The van der Waals surface area contributed by atoms with Crippen LogP contribution in [0.4, 0.5) is 5.82 Å². The van der Waals surface area contributed by atoms with Crippen LogP contribution in [0.3, 0.4) is 0 Å². The van der Waals surface area contributed by atoms with Crippen LogP contribution in [0.1, 0.15) is 25.8 Å². The predicted octanol–water partition coefficient (Wildman–Crippen LogP) is 3.33. The smallest absolute Gasteiger partial charge is 0.136 e. The minimum Gasteiger partial charge on any atom is -0.389 e. The molecule has 1 aliphatic carbocycles. The number of aromatic nitrogens is 1. The lowest BCUT2D eigenvalue weighted by Crippen LogP contribution is -2.16. The summed E-state index contributed by atoms with van der Waals surface area (Å²) in [6.07, 6.45) is 1.26. The van der Waals surface area contributed by atoms with Crippen molar-refractivity contribution in [2.45, 2.75) is 20.3 Å². The van der Waals surface area contributed by atoms with Crippen LogP contribution in [-0.4, -0.2) is 16.5 Å². The number of hydrogen-bond acceptors (Lipinski definition) is 3. The molecule has 1 saturated carbocycles. The molecular formula is C16H19N3S. The van der Waals surface area contributed by atoms with Crippen molar-refractivity contribution in [3.8, 4) is 0 Å². The van der Waals surface area contributed by atoms with Gasteiger partial charge in [-0.1, -0.05) is 44.3 Å². The Bertz CT molecular complexity index is 678. The van der Waals surface area contributed by atoms with E-state index in [1.807, 2.05) is 30.3 Å². The first-order valence-corrected chi connectivity index (χ1v) is 7.32. The van der Waals surface area contributed by atoms with Crippen molar-refractivity contribution in [1.82, 2.24) is 4.98 Å². The maximum atomic E-state index is 5.83. The van der Waals surface area contributed by atoms with Crippen LogP contribution >= 0.6 is 12.2 Å². The largest absolute Gasteiger partial charge is 0.389 e. The first-order valence-electron chi connectivity index (χ1n) is 6.91. The molecule has 4 heteroatoms. The third kappa shape index (κ3) is 2.48. The van der Waals surface area contributed by atoms with E-state index >= 15 is 0 Å². The molecule has 2 aromatic rings. The molecule has 1 heterocycles. The minimum atomic E-state index is 0.390. The van der Waals surface area contributed by atoms with Crippen LogP contribution in [0.2, 0.25) is 0 Å². The Morgan fingerprint density at radius 3 is 2.80 bits per heavy atom. The van der Waals surface area contributed by atoms with Gasteiger partial charge in [0, 0.05) is 11.9 Å². The van der Waals surface area contributed by atoms with Crippen LogP contribution in [0.15, 0.2) is 30.3 Å². The summed E-state index contributed by atoms with van der Waals surface area (Å²) >= 11 is 5.15. The van der Waals surface area contributed by atoms with Gasteiger partial charge in [-0.3, -0.25) is 0 Å². The van der Waals surface area contributed by atoms with Gasteiger partial charge in [-0.25, -0.2) is 4.98 Å². The average Bonchev–Trinajstić information content (AvgIpc) is 3.02. The molecule has 1 fully saturated rings. The number of benzene rings is 1. The molecule has 1 aromatic carbocycles. The van der Waals surface area contributed by atoms with Crippen molar-refractivity contribution in [1.29, 1.82) is 0 Å². The highest BCUT2D eigenvalue weighted by Crippen LogP contribution is 2.51. The number of nitrogens with zero attached hydrogens (tertiary/aromatic N) is 1. The Morgan fingerprint density at radius 2 is 2.15 bits per heavy atom. The zero-order valence-corrected chi connectivity index (χ0v) is 12.6. The van der Waals surface area contributed by atoms with Gasteiger partial charge in [-0.2, -0.15) is 0 Å². The monoisotopic (exact) mass is 285 g/mol. The van der Waals surface area contributed by atoms with Gasteiger partial charge in [-0.05, 0) is 29.9 Å². The SMILES string of the molecule is CC1(C)CC1CNc1nc2ccccc2cc1C(N)=S. The fourth-order valence-electron chi connectivity index (χ4n) is 2.58. The van der Waals surface area contributed by atoms with Crippen LogP contribution in [0.25, 0.3) is 10.9 Å². The highest BCUT2D eigenvalue weighted by atomic mass is 32.1. The van der Waals surface area contributed by atoms with Gasteiger partial charge in [0.1, 0.15) is 10.8 Å². The van der Waals surface area contributed by atoms with E-state index in [1.165, 1.54) is 6.42 Å². The zero-order chi connectivity index (χ0) is 14.3. The van der Waals surface area contributed by atoms with E-state index in [2.05, 4.69) is 24.1 Å². The summed E-state index contributed by atoms with van der Waals surface area (Å²) in [5, 5.41) is 4.49. The third-order valence-corrected chi connectivity index (χ3v) is 4.44. The number of fused-ring (bicyclic) bond motifs is 1. The van der Waals surface area contributed by atoms with Crippen LogP contribution in [-0.2, 0) is 0 Å². The second kappa shape index (κ2) is 4.70. The molecule has 1 unspecified atom stereocenters. The Kier molecular flexibility index (Phi) is 3.13. The van der Waals surface area contributed by atoms with Crippen molar-refractivity contribution in [2.75, 3.05) is 11.9 Å². The molecular weight excluding hydrogens is 266 g/mol. The van der Waals surface area contributed by atoms with Crippen LogP contribution < -0.4 is 11.1 Å². The molecule has 0 saturated heterocycles. The second-order valence-electron chi connectivity index (χ2n) is 6.21. The standard InChI is InChI=1S/C16H19N3S/c1-16(2)8-11(16)9-18-15-12(14(17)20)7-10-5-3-4-6-13(10)19-15/h3-7,11H,8-9H2,1-2H3,(H2,17,20)(H,18,19). The van der Waals surface area contributed by atoms with Gasteiger partial charge in [0.05, 0.1) is 11.1 Å². The molecule has 1 aromatic heterocycles. The molecule has 3 rings (SSSR count). The quantitative estimate of drug-likeness (QED) is 0.846. The molecule has 3 N–H and O–H groups in total. The third-order valence-electron chi connectivity index (χ3n) is 4.22. The summed E-state index contributed by atoms with van der Waals surface area (Å²) in [6.45, 7) is 5.51. The lowest BCUT2D eigenvalue weighted by Gasteiger charge is -2.12. The molecule has 0 aliphatic heterocycles. The molecule has 104 valence electrons. The van der Waals surface area contributed by atoms with Gasteiger partial charge in [0.2, 0.25) is 0 Å². The zero-order valence-electron chi connectivity index (χ0n) is 11.8. The second-order valence-corrected chi connectivity index (χ2v) is 6.65. The van der Waals surface area contributed by atoms with Crippen LogP contribution in [0.5, 0.6) is 0 Å². The number of anilines is 1. The van der Waals surface area contributed by atoms with Crippen molar-refractivity contribution in [3.63, 3.8) is 0 Å². The lowest BCUT2D eigenvalue weighted by molar-refractivity contribution is 0.573. The van der Waals surface area contributed by atoms with E-state index < -0.39 is 0 Å². The number of thiocarbonyl (C=S) groups is 1. The van der Waals surface area contributed by atoms with E-state index in [-0.39, 0.29) is 0 Å². The van der Waals surface area contributed by atoms with E-state index in [4.69, 9.17) is 18.0 Å². The topological polar surface area (TPSA) is 50.9 Å². The van der Waals surface area contributed by atoms with Gasteiger partial charge in [0.25, 0.3) is 0 Å². The van der Waals surface area contributed by atoms with Crippen molar-refractivity contribution in [3.05, 3.63) is 35.9 Å². The number of nitrogens with one attached hydrogen (secondary N) is 1. The molecule has 1 aliphatic rings. The van der Waals surface area contributed by atoms with Crippen molar-refractivity contribution in [2.24, 2.45) is 17.1 Å². The molecule has 0 radical (unpaired) electrons. The number of nitrogens with two attached hydrogens (primary N) is 1. The first kappa shape index (κ1) is 13.3. The van der Waals surface area contributed by atoms with Gasteiger partial charge < -0.3 is 11.1 Å². The van der Waals surface area contributed by atoms with Crippen molar-refractivity contribution >= 4 is 33.9 Å². The summed E-state index contributed by atoms with van der Waals surface area (Å²) in [5.74, 6) is 1.51. The molecule has 20 heavy (non-hydrogen) atoms. The van der Waals surface area contributed by atoms with Gasteiger partial charge in [0.15, 0.2) is 0 Å². The average molecular weight is 285 g/mol. The summed E-state index contributed by atoms with van der Waals surface area (Å²) in [5.41, 5.74) is 8.08. The predicted molar refractivity (Wildman–Crippen MR) is 88.0 cm³/mol. The van der Waals surface area contributed by atoms with E-state index in [1.54, 1.807) is 0 Å². The Balaban J connectivity index is 1.91. The number of hydrogen-bond donors (Lipinski definition) is 2. The van der Waals surface area contributed by atoms with E-state index in [9.17, 15) is 0 Å². The highest BCUT2D eigenvalue weighted by molar-refractivity contribution is 7.80.